The van der Waals surface area contributed by atoms with E-state index in [4.69, 9.17) is 15.2 Å². The maximum absolute atomic E-state index is 11.7. The van der Waals surface area contributed by atoms with Gasteiger partial charge in [0, 0.05) is 5.92 Å². The molecular formula is C27H45NO4. The lowest BCUT2D eigenvalue weighted by Crippen LogP contribution is -2.62. The van der Waals surface area contributed by atoms with E-state index in [1.54, 1.807) is 0 Å². The zero-order chi connectivity index (χ0) is 23.1. The first-order valence-electron chi connectivity index (χ1n) is 13.2. The zero-order valence-corrected chi connectivity index (χ0v) is 20.6. The molecule has 0 spiro atoms. The van der Waals surface area contributed by atoms with Gasteiger partial charge in [0.2, 0.25) is 0 Å². The lowest BCUT2D eigenvalue weighted by Gasteiger charge is -2.65. The van der Waals surface area contributed by atoms with Crippen LogP contribution in [0.1, 0.15) is 85.5 Å². The number of hydrogen-bond donors (Lipinski definition) is 1. The third-order valence-corrected chi connectivity index (χ3v) is 11.2. The molecule has 0 aromatic carbocycles. The number of rotatable bonds is 8. The van der Waals surface area contributed by atoms with Crippen LogP contribution in [0, 0.1) is 52.3 Å². The van der Waals surface area contributed by atoms with Gasteiger partial charge in [0.1, 0.15) is 12.2 Å². The molecule has 5 nitrogen and oxygen atoms in total. The van der Waals surface area contributed by atoms with E-state index in [0.29, 0.717) is 53.9 Å². The predicted molar refractivity (Wildman–Crippen MR) is 124 cm³/mol. The van der Waals surface area contributed by atoms with Crippen molar-refractivity contribution in [3.8, 4) is 0 Å². The molecule has 0 heterocycles. The summed E-state index contributed by atoms with van der Waals surface area (Å²) in [5.41, 5.74) is 6.50. The molecule has 0 bridgehead atoms. The minimum absolute atomic E-state index is 0.00915. The molecule has 11 atom stereocenters. The summed E-state index contributed by atoms with van der Waals surface area (Å²) in [4.78, 5) is 22.8. The number of carbonyl (C=O) groups excluding carboxylic acids is 2. The van der Waals surface area contributed by atoms with Crippen molar-refractivity contribution in [3.05, 3.63) is 0 Å². The standard InChI is InChI=1S/C27H45NO4/c1-5-19-23-14-18(31-15-29)8-11-27(23,4)22-9-12-26(3)20(17(2)10-13-28)6-7-21(26)24(22)25(19)32-16-30/h15-25H,5-14,28H2,1-4H3/t17-,18-,19-,20?,21+,22+,23?,24?,25-,26?,27+/m1/s1. The van der Waals surface area contributed by atoms with E-state index in [0.717, 1.165) is 44.6 Å². The molecule has 4 saturated carbocycles. The molecule has 0 aromatic heterocycles. The molecule has 4 aliphatic rings. The fourth-order valence-corrected chi connectivity index (χ4v) is 9.80. The number of hydrogen-bond acceptors (Lipinski definition) is 5. The highest BCUT2D eigenvalue weighted by atomic mass is 16.5. The highest BCUT2D eigenvalue weighted by Crippen LogP contribution is 2.70. The molecule has 182 valence electrons. The van der Waals surface area contributed by atoms with Crippen LogP contribution in [0.15, 0.2) is 0 Å². The molecule has 0 aromatic rings. The minimum Gasteiger partial charge on any atom is -0.465 e. The van der Waals surface area contributed by atoms with Crippen LogP contribution < -0.4 is 5.73 Å². The monoisotopic (exact) mass is 447 g/mol. The number of carbonyl (C=O) groups is 2. The lowest BCUT2D eigenvalue weighted by molar-refractivity contribution is -0.213. The average molecular weight is 448 g/mol. The first kappa shape index (κ1) is 24.0. The van der Waals surface area contributed by atoms with Crippen molar-refractivity contribution in [2.75, 3.05) is 6.54 Å². The first-order chi connectivity index (χ1) is 15.4. The van der Waals surface area contributed by atoms with E-state index < -0.39 is 0 Å². The average Bonchev–Trinajstić information content (AvgIpc) is 3.12. The summed E-state index contributed by atoms with van der Waals surface area (Å²) >= 11 is 0. The molecule has 4 aliphatic carbocycles. The van der Waals surface area contributed by atoms with E-state index in [-0.39, 0.29) is 17.6 Å². The van der Waals surface area contributed by atoms with Gasteiger partial charge in [-0.3, -0.25) is 9.59 Å². The van der Waals surface area contributed by atoms with Crippen LogP contribution in [0.2, 0.25) is 0 Å². The normalized spacial score (nSPS) is 48.7. The first-order valence-corrected chi connectivity index (χ1v) is 13.2. The van der Waals surface area contributed by atoms with Crippen molar-refractivity contribution in [2.24, 2.45) is 58.0 Å². The number of nitrogens with two attached hydrogens (primary N) is 1. The minimum atomic E-state index is -0.0104. The molecule has 0 saturated heterocycles. The van der Waals surface area contributed by atoms with Crippen molar-refractivity contribution < 1.29 is 19.1 Å². The molecule has 4 fully saturated rings. The highest BCUT2D eigenvalue weighted by Gasteiger charge is 2.65. The SMILES string of the molecule is CC[C@@H]1C2C[C@H](OC=O)CC[C@@]2(C)[C@H]2CCC3(C)C([C@H](C)CCN)CC[C@H]3C2[C@@H]1OC=O. The molecule has 0 amide bonds. The third-order valence-electron chi connectivity index (χ3n) is 11.2. The van der Waals surface area contributed by atoms with E-state index in [9.17, 15) is 9.59 Å². The molecule has 32 heavy (non-hydrogen) atoms. The fraction of sp³-hybridized carbons (Fsp3) is 0.926. The second-order valence-electron chi connectivity index (χ2n) is 12.1. The lowest BCUT2D eigenvalue weighted by atomic mass is 9.41. The van der Waals surface area contributed by atoms with Gasteiger partial charge in [-0.25, -0.2) is 0 Å². The Labute approximate surface area is 194 Å². The van der Waals surface area contributed by atoms with Gasteiger partial charge in [-0.1, -0.05) is 27.7 Å². The van der Waals surface area contributed by atoms with Crippen LogP contribution in [-0.2, 0) is 19.1 Å². The van der Waals surface area contributed by atoms with Crippen LogP contribution in [0.25, 0.3) is 0 Å². The van der Waals surface area contributed by atoms with Gasteiger partial charge in [0.05, 0.1) is 0 Å². The Hall–Kier alpha value is -1.10. The Morgan fingerprint density at radius 1 is 0.969 bits per heavy atom. The Kier molecular flexibility index (Phi) is 6.96. The Morgan fingerprint density at radius 2 is 1.66 bits per heavy atom. The van der Waals surface area contributed by atoms with Gasteiger partial charge in [-0.05, 0) is 111 Å². The van der Waals surface area contributed by atoms with E-state index in [1.165, 1.54) is 25.7 Å². The summed E-state index contributed by atoms with van der Waals surface area (Å²) in [5.74, 6) is 3.80. The maximum Gasteiger partial charge on any atom is 0.293 e. The summed E-state index contributed by atoms with van der Waals surface area (Å²) < 4.78 is 11.5. The fourth-order valence-electron chi connectivity index (χ4n) is 9.80. The van der Waals surface area contributed by atoms with Gasteiger partial charge in [0.15, 0.2) is 0 Å². The van der Waals surface area contributed by atoms with Gasteiger partial charge < -0.3 is 15.2 Å². The maximum atomic E-state index is 11.7. The van der Waals surface area contributed by atoms with Crippen molar-refractivity contribution in [2.45, 2.75) is 97.7 Å². The topological polar surface area (TPSA) is 78.6 Å². The Balaban J connectivity index is 1.69. The van der Waals surface area contributed by atoms with Gasteiger partial charge >= 0.3 is 0 Å². The van der Waals surface area contributed by atoms with E-state index in [1.807, 2.05) is 0 Å². The highest BCUT2D eigenvalue weighted by molar-refractivity contribution is 5.38. The van der Waals surface area contributed by atoms with Crippen LogP contribution in [0.5, 0.6) is 0 Å². The quantitative estimate of drug-likeness (QED) is 0.532. The molecule has 2 N–H and O–H groups in total. The van der Waals surface area contributed by atoms with Crippen molar-refractivity contribution in [3.63, 3.8) is 0 Å². The Bertz CT molecular complexity index is 685. The molecule has 0 radical (unpaired) electrons. The summed E-state index contributed by atoms with van der Waals surface area (Å²) in [6.07, 6.45) is 10.1. The second kappa shape index (κ2) is 9.27. The van der Waals surface area contributed by atoms with E-state index >= 15 is 0 Å². The predicted octanol–water partition coefficient (Wildman–Crippen LogP) is 4.96. The third kappa shape index (κ3) is 3.61. The second-order valence-corrected chi connectivity index (χ2v) is 12.1. The van der Waals surface area contributed by atoms with E-state index in [2.05, 4.69) is 27.7 Å². The van der Waals surface area contributed by atoms with Crippen LogP contribution in [-0.4, -0.2) is 31.7 Å². The summed E-state index contributed by atoms with van der Waals surface area (Å²) in [6, 6.07) is 0. The van der Waals surface area contributed by atoms with Crippen LogP contribution >= 0.6 is 0 Å². The summed E-state index contributed by atoms with van der Waals surface area (Å²) in [6.45, 7) is 11.8. The molecule has 5 heteroatoms. The molecule has 4 unspecified atom stereocenters. The molecule has 0 aliphatic heterocycles. The zero-order valence-electron chi connectivity index (χ0n) is 20.6. The smallest absolute Gasteiger partial charge is 0.293 e. The number of fused-ring (bicyclic) bond motifs is 5. The Morgan fingerprint density at radius 3 is 2.31 bits per heavy atom. The van der Waals surface area contributed by atoms with Crippen molar-refractivity contribution in [1.82, 2.24) is 0 Å². The van der Waals surface area contributed by atoms with Crippen LogP contribution in [0.3, 0.4) is 0 Å². The largest absolute Gasteiger partial charge is 0.465 e. The summed E-state index contributed by atoms with van der Waals surface area (Å²) in [5, 5.41) is 0. The van der Waals surface area contributed by atoms with Crippen molar-refractivity contribution in [1.29, 1.82) is 0 Å². The van der Waals surface area contributed by atoms with Gasteiger partial charge in [-0.2, -0.15) is 0 Å². The number of ether oxygens (including phenoxy) is 2. The van der Waals surface area contributed by atoms with Gasteiger partial charge in [0.25, 0.3) is 12.9 Å². The molecule has 4 rings (SSSR count). The summed E-state index contributed by atoms with van der Waals surface area (Å²) in [7, 11) is 0. The van der Waals surface area contributed by atoms with Crippen LogP contribution in [0.4, 0.5) is 0 Å². The van der Waals surface area contributed by atoms with Crippen molar-refractivity contribution >= 4 is 12.9 Å². The molecular weight excluding hydrogens is 402 g/mol. The van der Waals surface area contributed by atoms with Gasteiger partial charge in [-0.15, -0.1) is 0 Å².